The average molecular weight is 688 g/mol. The molecule has 1 aliphatic carbocycles. The topological polar surface area (TPSA) is 156 Å². The molecule has 0 saturated heterocycles. The van der Waals surface area contributed by atoms with Gasteiger partial charge in [0.05, 0.1) is 27.8 Å². The molecule has 1 aliphatic rings. The van der Waals surface area contributed by atoms with Crippen molar-refractivity contribution < 1.29 is 28.4 Å². The standard InChI is InChI=1S/C34H38FN7O6Si/c1-20(22-14-25(15-22)48-34(44)21-6-9-24(10-7-21)42(45)46)37-33(43)27-18-41(19-47-12-13-49(3,4)5)32-31(27)38-28(17-36-32)30-26-11-8-23(35)16-29(26)40(2)39-30/h6-11,16-18,20,22,25H,12-15,19H2,1-5H3,(H,37,43)/t20?,22-,25-. The summed E-state index contributed by atoms with van der Waals surface area (Å²) in [6, 6.07) is 10.5. The number of nitrogens with one attached hydrogen (secondary N) is 1. The first-order chi connectivity index (χ1) is 23.3. The van der Waals surface area contributed by atoms with E-state index >= 15 is 0 Å². The third kappa shape index (κ3) is 7.37. The number of halogens is 1. The fraction of sp³-hybridized carbons (Fsp3) is 0.382. The number of nitrogens with zero attached hydrogens (tertiary/aromatic N) is 6. The molecule has 0 radical (unpaired) electrons. The quantitative estimate of drug-likeness (QED) is 0.0538. The van der Waals surface area contributed by atoms with Crippen LogP contribution in [0.2, 0.25) is 25.7 Å². The van der Waals surface area contributed by atoms with Gasteiger partial charge in [0.15, 0.2) is 5.65 Å². The minimum absolute atomic E-state index is 0.0683. The first-order valence-corrected chi connectivity index (χ1v) is 19.8. The number of non-ortho nitro benzene ring substituents is 1. The normalized spacial score (nSPS) is 16.8. The molecule has 6 rings (SSSR count). The van der Waals surface area contributed by atoms with Crippen LogP contribution in [0.1, 0.15) is 40.5 Å². The lowest BCUT2D eigenvalue weighted by atomic mass is 9.77. The molecule has 15 heteroatoms. The first-order valence-electron chi connectivity index (χ1n) is 16.1. The minimum atomic E-state index is -1.30. The Bertz CT molecular complexity index is 2050. The zero-order valence-corrected chi connectivity index (χ0v) is 29.0. The number of hydrogen-bond acceptors (Lipinski definition) is 9. The summed E-state index contributed by atoms with van der Waals surface area (Å²) >= 11 is 0. The van der Waals surface area contributed by atoms with Crippen LogP contribution in [0.5, 0.6) is 0 Å². The molecular weight excluding hydrogens is 650 g/mol. The summed E-state index contributed by atoms with van der Waals surface area (Å²) in [5.41, 5.74) is 2.92. The molecule has 0 aliphatic heterocycles. The van der Waals surface area contributed by atoms with Gasteiger partial charge in [0, 0.05) is 51.5 Å². The summed E-state index contributed by atoms with van der Waals surface area (Å²) in [6.07, 6.45) is 4.10. The molecule has 1 unspecified atom stereocenters. The second-order valence-electron chi connectivity index (χ2n) is 13.7. The summed E-state index contributed by atoms with van der Waals surface area (Å²) in [5, 5.41) is 19.3. The van der Waals surface area contributed by atoms with Crippen molar-refractivity contribution in [2.45, 2.75) is 64.3 Å². The molecule has 0 bridgehead atoms. The number of aromatic nitrogens is 5. The van der Waals surface area contributed by atoms with E-state index in [2.05, 4.69) is 35.0 Å². The number of hydrogen-bond donors (Lipinski definition) is 1. The lowest BCUT2D eigenvalue weighted by Crippen LogP contribution is -2.46. The molecule has 1 N–H and O–H groups in total. The van der Waals surface area contributed by atoms with Crippen molar-refractivity contribution in [3.8, 4) is 11.4 Å². The third-order valence-corrected chi connectivity index (χ3v) is 10.6. The minimum Gasteiger partial charge on any atom is -0.459 e. The molecule has 13 nitrogen and oxygen atoms in total. The summed E-state index contributed by atoms with van der Waals surface area (Å²) in [5.74, 6) is -1.18. The van der Waals surface area contributed by atoms with Gasteiger partial charge in [-0.15, -0.1) is 0 Å². The molecular formula is C34H38FN7O6Si. The Morgan fingerprint density at radius 1 is 1.16 bits per heavy atom. The molecule has 0 spiro atoms. The van der Waals surface area contributed by atoms with Crippen LogP contribution in [0.15, 0.2) is 54.9 Å². The van der Waals surface area contributed by atoms with Crippen LogP contribution in [0.4, 0.5) is 10.1 Å². The highest BCUT2D eigenvalue weighted by atomic mass is 28.3. The highest BCUT2D eigenvalue weighted by molar-refractivity contribution is 6.76. The molecule has 256 valence electrons. The van der Waals surface area contributed by atoms with E-state index in [0.29, 0.717) is 58.5 Å². The van der Waals surface area contributed by atoms with Crippen molar-refractivity contribution >= 4 is 47.7 Å². The molecule has 1 fully saturated rings. The number of ether oxygens (including phenoxy) is 2. The molecule has 5 aromatic rings. The number of carbonyl (C=O) groups is 2. The fourth-order valence-electron chi connectivity index (χ4n) is 5.84. The van der Waals surface area contributed by atoms with Gasteiger partial charge in [-0.3, -0.25) is 19.6 Å². The van der Waals surface area contributed by atoms with Gasteiger partial charge in [-0.1, -0.05) is 19.6 Å². The molecule has 2 aromatic carbocycles. The van der Waals surface area contributed by atoms with Gasteiger partial charge < -0.3 is 19.4 Å². The van der Waals surface area contributed by atoms with Crippen LogP contribution in [0.3, 0.4) is 0 Å². The Balaban J connectivity index is 1.18. The number of amides is 1. The summed E-state index contributed by atoms with van der Waals surface area (Å²) in [6.45, 7) is 9.54. The predicted molar refractivity (Wildman–Crippen MR) is 183 cm³/mol. The van der Waals surface area contributed by atoms with Gasteiger partial charge in [0.1, 0.15) is 35.6 Å². The van der Waals surface area contributed by atoms with E-state index in [4.69, 9.17) is 14.5 Å². The zero-order chi connectivity index (χ0) is 35.0. The van der Waals surface area contributed by atoms with Crippen LogP contribution >= 0.6 is 0 Å². The lowest BCUT2D eigenvalue weighted by molar-refractivity contribution is -0.384. The van der Waals surface area contributed by atoms with Crippen molar-refractivity contribution in [1.82, 2.24) is 29.6 Å². The Labute approximate surface area is 282 Å². The van der Waals surface area contributed by atoms with Crippen LogP contribution in [-0.2, 0) is 23.3 Å². The van der Waals surface area contributed by atoms with E-state index in [1.165, 1.54) is 36.4 Å². The largest absolute Gasteiger partial charge is 0.459 e. The maximum absolute atomic E-state index is 14.0. The Hall–Kier alpha value is -5.02. The summed E-state index contributed by atoms with van der Waals surface area (Å²) in [7, 11) is 0.425. The number of nitro benzene ring substituents is 1. The van der Waals surface area contributed by atoms with E-state index < -0.39 is 19.0 Å². The van der Waals surface area contributed by atoms with Gasteiger partial charge in [0.2, 0.25) is 0 Å². The second-order valence-corrected chi connectivity index (χ2v) is 19.4. The molecule has 1 amide bonds. The molecule has 3 heterocycles. The van der Waals surface area contributed by atoms with E-state index in [1.54, 1.807) is 34.8 Å². The van der Waals surface area contributed by atoms with E-state index in [0.717, 1.165) is 6.04 Å². The fourth-order valence-corrected chi connectivity index (χ4v) is 6.60. The van der Waals surface area contributed by atoms with Crippen LogP contribution in [-0.4, -0.2) is 67.9 Å². The maximum Gasteiger partial charge on any atom is 0.338 e. The predicted octanol–water partition coefficient (Wildman–Crippen LogP) is 6.10. The first kappa shape index (κ1) is 33.9. The number of aryl methyl sites for hydroxylation is 1. The smallest absolute Gasteiger partial charge is 0.338 e. The summed E-state index contributed by atoms with van der Waals surface area (Å²) < 4.78 is 28.9. The number of benzene rings is 2. The second kappa shape index (κ2) is 13.5. The van der Waals surface area contributed by atoms with Crippen molar-refractivity contribution in [2.24, 2.45) is 13.0 Å². The third-order valence-electron chi connectivity index (χ3n) is 8.88. The van der Waals surface area contributed by atoms with Gasteiger partial charge >= 0.3 is 5.97 Å². The Morgan fingerprint density at radius 3 is 2.59 bits per heavy atom. The monoisotopic (exact) mass is 687 g/mol. The Kier molecular flexibility index (Phi) is 9.31. The molecule has 49 heavy (non-hydrogen) atoms. The maximum atomic E-state index is 14.0. The molecule has 3 aromatic heterocycles. The van der Waals surface area contributed by atoms with Crippen LogP contribution < -0.4 is 5.32 Å². The Morgan fingerprint density at radius 2 is 1.90 bits per heavy atom. The van der Waals surface area contributed by atoms with Gasteiger partial charge in [-0.25, -0.2) is 19.2 Å². The number of carbonyl (C=O) groups excluding carboxylic acids is 2. The molecule has 1 saturated carbocycles. The van der Waals surface area contributed by atoms with E-state index in [1.807, 2.05) is 6.92 Å². The van der Waals surface area contributed by atoms with Crippen molar-refractivity contribution in [3.05, 3.63) is 81.9 Å². The summed E-state index contributed by atoms with van der Waals surface area (Å²) in [4.78, 5) is 46.2. The van der Waals surface area contributed by atoms with Crippen LogP contribution in [0, 0.1) is 21.8 Å². The number of esters is 1. The number of fused-ring (bicyclic) bond motifs is 2. The lowest BCUT2D eigenvalue weighted by Gasteiger charge is -2.38. The zero-order valence-electron chi connectivity index (χ0n) is 28.0. The SMILES string of the molecule is CC(NC(=O)c1cn(COCC[Si](C)(C)C)c2ncc(-c3nn(C)c4cc(F)ccc34)nc12)[C@H]1C[C@H](OC(=O)c2ccc([N+](=O)[O-])cc2)C1. The van der Waals surface area contributed by atoms with Gasteiger partial charge in [0.25, 0.3) is 11.6 Å². The number of nitro groups is 1. The van der Waals surface area contributed by atoms with Gasteiger partial charge in [-0.05, 0) is 62.1 Å². The highest BCUT2D eigenvalue weighted by Gasteiger charge is 2.37. The number of rotatable bonds is 12. The molecule has 1 atom stereocenters. The van der Waals surface area contributed by atoms with Crippen LogP contribution in [0.25, 0.3) is 33.5 Å². The van der Waals surface area contributed by atoms with E-state index in [9.17, 15) is 24.1 Å². The van der Waals surface area contributed by atoms with Crippen molar-refractivity contribution in [2.75, 3.05) is 6.61 Å². The van der Waals surface area contributed by atoms with Crippen molar-refractivity contribution in [1.29, 1.82) is 0 Å². The van der Waals surface area contributed by atoms with Crippen molar-refractivity contribution in [3.63, 3.8) is 0 Å². The van der Waals surface area contributed by atoms with E-state index in [-0.39, 0.29) is 47.8 Å². The van der Waals surface area contributed by atoms with Gasteiger partial charge in [-0.2, -0.15) is 5.10 Å². The average Bonchev–Trinajstić information content (AvgIpc) is 3.56. The highest BCUT2D eigenvalue weighted by Crippen LogP contribution is 2.34.